The summed E-state index contributed by atoms with van der Waals surface area (Å²) in [6.45, 7) is 1.85. The fourth-order valence-corrected chi connectivity index (χ4v) is 2.68. The van der Waals surface area contributed by atoms with Crippen LogP contribution in [0, 0.1) is 5.92 Å². The zero-order valence-corrected chi connectivity index (χ0v) is 12.2. The second kappa shape index (κ2) is 6.00. The van der Waals surface area contributed by atoms with Crippen LogP contribution in [0.5, 0.6) is 0 Å². The average molecular weight is 297 g/mol. The Morgan fingerprint density at radius 1 is 1.00 bits per heavy atom. The normalized spacial score (nSPS) is 14.1. The molecule has 0 bridgehead atoms. The van der Waals surface area contributed by atoms with E-state index in [2.05, 4.69) is 22.1 Å². The molecule has 0 saturated carbocycles. The summed E-state index contributed by atoms with van der Waals surface area (Å²) in [5.41, 5.74) is 23.8. The zero-order chi connectivity index (χ0) is 14.0. The Balaban J connectivity index is 0.00000200. The molecule has 20 heavy (non-hydrogen) atoms. The molecule has 0 aromatic heterocycles. The lowest BCUT2D eigenvalue weighted by molar-refractivity contribution is 0.320. The maximum atomic E-state index is 5.50. The number of rotatable bonds is 3. The summed E-state index contributed by atoms with van der Waals surface area (Å²) in [6, 6.07) is 8.28. The maximum absolute atomic E-state index is 5.50. The highest BCUT2D eigenvalue weighted by molar-refractivity contribution is 5.85. The topological polar surface area (TPSA) is 129 Å². The van der Waals surface area contributed by atoms with E-state index in [1.165, 1.54) is 11.1 Å². The Bertz CT molecular complexity index is 488. The van der Waals surface area contributed by atoms with Crippen LogP contribution >= 0.6 is 12.4 Å². The molecule has 8 N–H and O–H groups in total. The molecule has 2 rings (SSSR count). The summed E-state index contributed by atoms with van der Waals surface area (Å²) >= 11 is 0. The van der Waals surface area contributed by atoms with Crippen molar-refractivity contribution < 1.29 is 0 Å². The SMILES string of the molecule is CC(N=C(N)N)(N=C(N)N)C1Cc2ccccc2C1.Cl. The zero-order valence-electron chi connectivity index (χ0n) is 11.4. The van der Waals surface area contributed by atoms with E-state index in [9.17, 15) is 0 Å². The molecule has 0 aliphatic heterocycles. The first-order valence-corrected chi connectivity index (χ1v) is 6.19. The van der Waals surface area contributed by atoms with Crippen LogP contribution < -0.4 is 22.9 Å². The van der Waals surface area contributed by atoms with Crippen LogP contribution in [0.25, 0.3) is 0 Å². The number of guanidine groups is 2. The van der Waals surface area contributed by atoms with Gasteiger partial charge in [-0.15, -0.1) is 12.4 Å². The molecule has 1 aromatic carbocycles. The minimum absolute atomic E-state index is 0. The van der Waals surface area contributed by atoms with Gasteiger partial charge in [0.25, 0.3) is 0 Å². The first kappa shape index (κ1) is 16.1. The number of aliphatic imine (C=N–C) groups is 2. The Hall–Kier alpha value is -1.95. The van der Waals surface area contributed by atoms with Crippen molar-refractivity contribution in [3.05, 3.63) is 35.4 Å². The summed E-state index contributed by atoms with van der Waals surface area (Å²) in [7, 11) is 0. The lowest BCUT2D eigenvalue weighted by Gasteiger charge is -2.27. The van der Waals surface area contributed by atoms with Crippen LogP contribution in [-0.4, -0.2) is 17.6 Å². The predicted octanol–water partition coefficient (Wildman–Crippen LogP) is 0.0862. The quantitative estimate of drug-likeness (QED) is 0.465. The Morgan fingerprint density at radius 3 is 1.75 bits per heavy atom. The Labute approximate surface area is 124 Å². The van der Waals surface area contributed by atoms with E-state index in [-0.39, 0.29) is 30.2 Å². The van der Waals surface area contributed by atoms with Crippen LogP contribution in [0.2, 0.25) is 0 Å². The van der Waals surface area contributed by atoms with Crippen molar-refractivity contribution in [1.82, 2.24) is 0 Å². The first-order valence-electron chi connectivity index (χ1n) is 6.19. The Morgan fingerprint density at radius 2 is 1.40 bits per heavy atom. The Kier molecular flexibility index (Phi) is 4.83. The number of benzene rings is 1. The molecule has 0 fully saturated rings. The summed E-state index contributed by atoms with van der Waals surface area (Å²) < 4.78 is 0. The van der Waals surface area contributed by atoms with E-state index in [1.54, 1.807) is 0 Å². The van der Waals surface area contributed by atoms with Crippen molar-refractivity contribution in [1.29, 1.82) is 0 Å². The molecule has 0 radical (unpaired) electrons. The van der Waals surface area contributed by atoms with E-state index in [4.69, 9.17) is 22.9 Å². The largest absolute Gasteiger partial charge is 0.370 e. The van der Waals surface area contributed by atoms with Crippen LogP contribution in [0.3, 0.4) is 0 Å². The lowest BCUT2D eigenvalue weighted by atomic mass is 9.92. The van der Waals surface area contributed by atoms with Crippen LogP contribution in [-0.2, 0) is 12.8 Å². The summed E-state index contributed by atoms with van der Waals surface area (Å²) in [5.74, 6) is 0.126. The van der Waals surface area contributed by atoms with Crippen molar-refractivity contribution in [2.24, 2.45) is 38.8 Å². The minimum Gasteiger partial charge on any atom is -0.370 e. The molecule has 0 heterocycles. The van der Waals surface area contributed by atoms with Crippen molar-refractivity contribution in [3.63, 3.8) is 0 Å². The molecule has 0 saturated heterocycles. The molecule has 0 atom stereocenters. The molecule has 0 spiro atoms. The molecular weight excluding hydrogens is 276 g/mol. The van der Waals surface area contributed by atoms with E-state index in [0.717, 1.165) is 12.8 Å². The van der Waals surface area contributed by atoms with Gasteiger partial charge in [0, 0.05) is 5.92 Å². The van der Waals surface area contributed by atoms with Crippen molar-refractivity contribution in [2.75, 3.05) is 0 Å². The number of nitrogens with zero attached hydrogens (tertiary/aromatic N) is 2. The van der Waals surface area contributed by atoms with E-state index in [1.807, 2.05) is 19.1 Å². The van der Waals surface area contributed by atoms with Crippen LogP contribution in [0.4, 0.5) is 0 Å². The average Bonchev–Trinajstić information content (AvgIpc) is 2.70. The van der Waals surface area contributed by atoms with Gasteiger partial charge in [-0.1, -0.05) is 24.3 Å². The van der Waals surface area contributed by atoms with E-state index < -0.39 is 5.66 Å². The lowest BCUT2D eigenvalue weighted by Crippen LogP contribution is -2.40. The number of nitrogens with two attached hydrogens (primary N) is 4. The molecule has 7 heteroatoms. The van der Waals surface area contributed by atoms with E-state index >= 15 is 0 Å². The highest BCUT2D eigenvalue weighted by Gasteiger charge is 2.38. The van der Waals surface area contributed by atoms with Gasteiger partial charge in [0.2, 0.25) is 0 Å². The third-order valence-corrected chi connectivity index (χ3v) is 3.54. The van der Waals surface area contributed by atoms with Crippen molar-refractivity contribution in [3.8, 4) is 0 Å². The van der Waals surface area contributed by atoms with Crippen molar-refractivity contribution in [2.45, 2.75) is 25.4 Å². The fraction of sp³-hybridized carbons (Fsp3) is 0.385. The summed E-state index contributed by atoms with van der Waals surface area (Å²) in [4.78, 5) is 8.48. The minimum atomic E-state index is -0.823. The number of fused-ring (bicyclic) bond motifs is 1. The summed E-state index contributed by atoms with van der Waals surface area (Å²) in [5, 5.41) is 0. The number of halogens is 1. The van der Waals surface area contributed by atoms with Gasteiger partial charge in [0.05, 0.1) is 0 Å². The van der Waals surface area contributed by atoms with Gasteiger partial charge in [0.15, 0.2) is 17.6 Å². The third kappa shape index (κ3) is 3.33. The van der Waals surface area contributed by atoms with Crippen LogP contribution in [0.15, 0.2) is 34.3 Å². The maximum Gasteiger partial charge on any atom is 0.188 e. The van der Waals surface area contributed by atoms with Crippen molar-refractivity contribution >= 4 is 24.3 Å². The summed E-state index contributed by atoms with van der Waals surface area (Å²) in [6.07, 6.45) is 1.72. The highest BCUT2D eigenvalue weighted by Crippen LogP contribution is 2.36. The molecule has 0 amide bonds. The standard InChI is InChI=1S/C13H20N6.ClH/c1-13(18-11(14)15,19-12(16)17)10-6-8-4-2-3-5-9(8)7-10;/h2-5,10H,6-7H2,1H3,(H4,14,15,18)(H4,16,17,19);1H. The molecule has 6 nitrogen and oxygen atoms in total. The number of hydrogen-bond donors (Lipinski definition) is 4. The monoisotopic (exact) mass is 296 g/mol. The molecule has 110 valence electrons. The van der Waals surface area contributed by atoms with Gasteiger partial charge < -0.3 is 22.9 Å². The second-order valence-electron chi connectivity index (χ2n) is 5.04. The second-order valence-corrected chi connectivity index (χ2v) is 5.04. The molecule has 0 unspecified atom stereocenters. The van der Waals surface area contributed by atoms with Gasteiger partial charge >= 0.3 is 0 Å². The van der Waals surface area contributed by atoms with Gasteiger partial charge in [-0.05, 0) is 30.9 Å². The molecule has 1 aliphatic rings. The predicted molar refractivity (Wildman–Crippen MR) is 84.6 cm³/mol. The molecule has 1 aliphatic carbocycles. The van der Waals surface area contributed by atoms with Gasteiger partial charge in [0.1, 0.15) is 0 Å². The van der Waals surface area contributed by atoms with E-state index in [0.29, 0.717) is 0 Å². The first-order chi connectivity index (χ1) is 8.90. The van der Waals surface area contributed by atoms with Gasteiger partial charge in [-0.25, -0.2) is 9.98 Å². The van der Waals surface area contributed by atoms with Crippen LogP contribution in [0.1, 0.15) is 18.1 Å². The highest BCUT2D eigenvalue weighted by atomic mass is 35.5. The van der Waals surface area contributed by atoms with Gasteiger partial charge in [-0.3, -0.25) is 0 Å². The molecular formula is C13H21ClN6. The number of hydrogen-bond acceptors (Lipinski definition) is 2. The van der Waals surface area contributed by atoms with Gasteiger partial charge in [-0.2, -0.15) is 0 Å². The molecule has 1 aromatic rings. The fourth-order valence-electron chi connectivity index (χ4n) is 2.68. The third-order valence-electron chi connectivity index (χ3n) is 3.54. The smallest absolute Gasteiger partial charge is 0.188 e.